The Balaban J connectivity index is 1.87. The van der Waals surface area contributed by atoms with E-state index < -0.39 is 0 Å². The molecule has 0 amide bonds. The SMILES string of the molecule is CC(C)Oc1ccccc1CN1CCN(CCC#N)CC1. The minimum Gasteiger partial charge on any atom is -0.491 e. The zero-order chi connectivity index (χ0) is 15.1. The fraction of sp³-hybridized carbons (Fsp3) is 0.588. The van der Waals surface area contributed by atoms with Gasteiger partial charge in [0.05, 0.1) is 12.2 Å². The van der Waals surface area contributed by atoms with E-state index >= 15 is 0 Å². The molecule has 0 aliphatic carbocycles. The highest BCUT2D eigenvalue weighted by molar-refractivity contribution is 5.33. The van der Waals surface area contributed by atoms with Crippen LogP contribution in [0.4, 0.5) is 0 Å². The molecule has 4 nitrogen and oxygen atoms in total. The van der Waals surface area contributed by atoms with Crippen molar-refractivity contribution in [1.29, 1.82) is 5.26 Å². The lowest BCUT2D eigenvalue weighted by Gasteiger charge is -2.34. The predicted octanol–water partition coefficient (Wildman–Crippen LogP) is 2.51. The van der Waals surface area contributed by atoms with E-state index in [1.807, 2.05) is 6.07 Å². The van der Waals surface area contributed by atoms with E-state index in [0.29, 0.717) is 6.42 Å². The number of hydrogen-bond donors (Lipinski definition) is 0. The van der Waals surface area contributed by atoms with Gasteiger partial charge in [0.1, 0.15) is 5.75 Å². The summed E-state index contributed by atoms with van der Waals surface area (Å²) >= 11 is 0. The van der Waals surface area contributed by atoms with Gasteiger partial charge in [-0.1, -0.05) is 18.2 Å². The fourth-order valence-electron chi connectivity index (χ4n) is 2.62. The van der Waals surface area contributed by atoms with Crippen LogP contribution in [0.1, 0.15) is 25.8 Å². The molecule has 0 N–H and O–H groups in total. The lowest BCUT2D eigenvalue weighted by molar-refractivity contribution is 0.127. The van der Waals surface area contributed by atoms with Gasteiger partial charge in [-0.3, -0.25) is 9.80 Å². The minimum absolute atomic E-state index is 0.203. The summed E-state index contributed by atoms with van der Waals surface area (Å²) in [5.41, 5.74) is 1.26. The van der Waals surface area contributed by atoms with Crippen molar-refractivity contribution in [1.82, 2.24) is 9.80 Å². The molecule has 0 aromatic heterocycles. The number of benzene rings is 1. The Hall–Kier alpha value is -1.57. The molecule has 1 saturated heterocycles. The second kappa shape index (κ2) is 8.02. The number of rotatable bonds is 6. The summed E-state index contributed by atoms with van der Waals surface area (Å²) in [6, 6.07) is 10.5. The summed E-state index contributed by atoms with van der Waals surface area (Å²) in [6.45, 7) is 10.2. The maximum Gasteiger partial charge on any atom is 0.124 e. The molecule has 0 spiro atoms. The Morgan fingerprint density at radius 1 is 1.14 bits per heavy atom. The molecule has 1 aromatic rings. The third-order valence-electron chi connectivity index (χ3n) is 3.73. The van der Waals surface area contributed by atoms with Crippen LogP contribution in [0.3, 0.4) is 0 Å². The third kappa shape index (κ3) is 5.04. The maximum absolute atomic E-state index is 8.65. The van der Waals surface area contributed by atoms with E-state index in [4.69, 9.17) is 10.00 Å². The molecule has 0 saturated carbocycles. The van der Waals surface area contributed by atoms with Gasteiger partial charge in [-0.15, -0.1) is 0 Å². The molecule has 1 aliphatic heterocycles. The molecular weight excluding hydrogens is 262 g/mol. The zero-order valence-electron chi connectivity index (χ0n) is 13.1. The monoisotopic (exact) mass is 287 g/mol. The van der Waals surface area contributed by atoms with Crippen molar-refractivity contribution in [3.63, 3.8) is 0 Å². The Kier molecular flexibility index (Phi) is 6.04. The molecule has 2 rings (SSSR count). The second-order valence-corrected chi connectivity index (χ2v) is 5.80. The van der Waals surface area contributed by atoms with Gasteiger partial charge in [0.25, 0.3) is 0 Å². The molecule has 0 bridgehead atoms. The van der Waals surface area contributed by atoms with Crippen molar-refractivity contribution in [2.45, 2.75) is 32.9 Å². The van der Waals surface area contributed by atoms with Crippen LogP contribution < -0.4 is 4.74 Å². The van der Waals surface area contributed by atoms with Crippen molar-refractivity contribution < 1.29 is 4.74 Å². The molecule has 0 unspecified atom stereocenters. The first-order chi connectivity index (χ1) is 10.2. The van der Waals surface area contributed by atoms with Gasteiger partial charge in [-0.25, -0.2) is 0 Å². The molecule has 21 heavy (non-hydrogen) atoms. The van der Waals surface area contributed by atoms with Crippen molar-refractivity contribution in [3.05, 3.63) is 29.8 Å². The standard InChI is InChI=1S/C17H25N3O/c1-15(2)21-17-7-4-3-6-16(17)14-20-12-10-19(11-13-20)9-5-8-18/h3-4,6-7,15H,5,9-14H2,1-2H3. The van der Waals surface area contributed by atoms with Crippen LogP contribution in [0.25, 0.3) is 0 Å². The van der Waals surface area contributed by atoms with Crippen LogP contribution in [0.15, 0.2) is 24.3 Å². The van der Waals surface area contributed by atoms with Gasteiger partial charge in [-0.2, -0.15) is 5.26 Å². The first-order valence-corrected chi connectivity index (χ1v) is 7.75. The molecule has 0 atom stereocenters. The number of ether oxygens (including phenoxy) is 1. The first kappa shape index (κ1) is 15.8. The molecule has 1 aliphatic rings. The normalized spacial score (nSPS) is 16.9. The first-order valence-electron chi connectivity index (χ1n) is 7.75. The van der Waals surface area contributed by atoms with Gasteiger partial charge < -0.3 is 4.74 Å². The highest BCUT2D eigenvalue weighted by Gasteiger charge is 2.17. The number of hydrogen-bond acceptors (Lipinski definition) is 4. The van der Waals surface area contributed by atoms with Gasteiger partial charge >= 0.3 is 0 Å². The Morgan fingerprint density at radius 2 is 1.81 bits per heavy atom. The molecule has 1 fully saturated rings. The van der Waals surface area contributed by atoms with Crippen LogP contribution in [-0.4, -0.2) is 48.6 Å². The lowest BCUT2D eigenvalue weighted by Crippen LogP contribution is -2.46. The topological polar surface area (TPSA) is 39.5 Å². The quantitative estimate of drug-likeness (QED) is 0.806. The minimum atomic E-state index is 0.203. The number of piperazine rings is 1. The largest absolute Gasteiger partial charge is 0.491 e. The average molecular weight is 287 g/mol. The van der Waals surface area contributed by atoms with Crippen molar-refractivity contribution in [2.24, 2.45) is 0 Å². The van der Waals surface area contributed by atoms with Crippen molar-refractivity contribution in [3.8, 4) is 11.8 Å². The summed E-state index contributed by atoms with van der Waals surface area (Å²) in [5, 5.41) is 8.65. The van der Waals surface area contributed by atoms with Crippen LogP contribution in [0, 0.1) is 11.3 Å². The average Bonchev–Trinajstić information content (AvgIpc) is 2.48. The van der Waals surface area contributed by atoms with Crippen LogP contribution >= 0.6 is 0 Å². The summed E-state index contributed by atoms with van der Waals surface area (Å²) in [6.07, 6.45) is 0.833. The van der Waals surface area contributed by atoms with Gasteiger partial charge in [0, 0.05) is 51.3 Å². The van der Waals surface area contributed by atoms with E-state index in [1.54, 1.807) is 0 Å². The highest BCUT2D eigenvalue weighted by atomic mass is 16.5. The van der Waals surface area contributed by atoms with Crippen LogP contribution in [0.2, 0.25) is 0 Å². The Bertz CT molecular complexity index is 473. The van der Waals surface area contributed by atoms with E-state index in [-0.39, 0.29) is 6.10 Å². The number of nitrogens with zero attached hydrogens (tertiary/aromatic N) is 3. The van der Waals surface area contributed by atoms with Crippen LogP contribution in [0.5, 0.6) is 5.75 Å². The molecule has 114 valence electrons. The smallest absolute Gasteiger partial charge is 0.124 e. The van der Waals surface area contributed by atoms with E-state index in [9.17, 15) is 0 Å². The Labute approximate surface area is 127 Å². The van der Waals surface area contributed by atoms with Gasteiger partial charge in [0.2, 0.25) is 0 Å². The van der Waals surface area contributed by atoms with Crippen LogP contribution in [-0.2, 0) is 6.54 Å². The second-order valence-electron chi connectivity index (χ2n) is 5.80. The number of nitriles is 1. The lowest BCUT2D eigenvalue weighted by atomic mass is 10.1. The summed E-state index contributed by atoms with van der Waals surface area (Å²) < 4.78 is 5.89. The van der Waals surface area contributed by atoms with Gasteiger partial charge in [-0.05, 0) is 19.9 Å². The Morgan fingerprint density at radius 3 is 2.48 bits per heavy atom. The highest BCUT2D eigenvalue weighted by Crippen LogP contribution is 2.21. The molecule has 1 aromatic carbocycles. The van der Waals surface area contributed by atoms with Crippen molar-refractivity contribution in [2.75, 3.05) is 32.7 Å². The summed E-state index contributed by atoms with van der Waals surface area (Å²) in [5.74, 6) is 0.999. The molecule has 0 radical (unpaired) electrons. The predicted molar refractivity (Wildman–Crippen MR) is 84.2 cm³/mol. The van der Waals surface area contributed by atoms with E-state index in [1.165, 1.54) is 5.56 Å². The maximum atomic E-state index is 8.65. The van der Waals surface area contributed by atoms with E-state index in [0.717, 1.165) is 45.0 Å². The molecule has 4 heteroatoms. The molecular formula is C17H25N3O. The van der Waals surface area contributed by atoms with Crippen molar-refractivity contribution >= 4 is 0 Å². The zero-order valence-corrected chi connectivity index (χ0v) is 13.1. The summed E-state index contributed by atoms with van der Waals surface area (Å²) in [7, 11) is 0. The fourth-order valence-corrected chi connectivity index (χ4v) is 2.62. The summed E-state index contributed by atoms with van der Waals surface area (Å²) in [4.78, 5) is 4.83. The third-order valence-corrected chi connectivity index (χ3v) is 3.73. The van der Waals surface area contributed by atoms with Gasteiger partial charge in [0.15, 0.2) is 0 Å². The van der Waals surface area contributed by atoms with E-state index in [2.05, 4.69) is 47.9 Å². The number of para-hydroxylation sites is 1. The molecule has 1 heterocycles.